The molecule has 0 saturated carbocycles. The Kier molecular flexibility index (Phi) is 4.35. The molecule has 3 rings (SSSR count). The summed E-state index contributed by atoms with van der Waals surface area (Å²) < 4.78 is 7.24. The van der Waals surface area contributed by atoms with E-state index in [-0.39, 0.29) is 12.6 Å². The van der Waals surface area contributed by atoms with Crippen molar-refractivity contribution in [2.24, 2.45) is 0 Å². The zero-order valence-corrected chi connectivity index (χ0v) is 13.7. The van der Waals surface area contributed by atoms with Gasteiger partial charge >= 0.3 is 5.97 Å². The fourth-order valence-electron chi connectivity index (χ4n) is 2.65. The van der Waals surface area contributed by atoms with Gasteiger partial charge in [-0.05, 0) is 35.7 Å². The summed E-state index contributed by atoms with van der Waals surface area (Å²) >= 11 is 0. The van der Waals surface area contributed by atoms with Gasteiger partial charge in [0.15, 0.2) is 0 Å². The van der Waals surface area contributed by atoms with Gasteiger partial charge in [0.25, 0.3) is 0 Å². The molecule has 0 radical (unpaired) electrons. The SMILES string of the molecule is CC(C)c1ccc(C(=O)OCc2cn3ccccc3c2C#N)cc1. The Labute approximate surface area is 140 Å². The number of carbonyl (C=O) groups is 1. The third-order valence-electron chi connectivity index (χ3n) is 4.05. The maximum Gasteiger partial charge on any atom is 0.338 e. The Balaban J connectivity index is 1.76. The molecule has 2 aromatic heterocycles. The van der Waals surface area contributed by atoms with E-state index in [1.807, 2.05) is 47.1 Å². The number of nitrogens with zero attached hydrogens (tertiary/aromatic N) is 2. The first-order valence-electron chi connectivity index (χ1n) is 7.86. The molecule has 2 heterocycles. The Hall–Kier alpha value is -3.06. The molecule has 0 aliphatic rings. The van der Waals surface area contributed by atoms with E-state index in [1.54, 1.807) is 12.1 Å². The van der Waals surface area contributed by atoms with E-state index in [2.05, 4.69) is 19.9 Å². The summed E-state index contributed by atoms with van der Waals surface area (Å²) in [5.74, 6) is 0.0338. The van der Waals surface area contributed by atoms with Gasteiger partial charge in [-0.25, -0.2) is 4.79 Å². The van der Waals surface area contributed by atoms with Gasteiger partial charge in [-0.15, -0.1) is 0 Å². The molecule has 0 amide bonds. The molecule has 1 aromatic carbocycles. The van der Waals surface area contributed by atoms with Crippen molar-refractivity contribution in [1.82, 2.24) is 4.40 Å². The van der Waals surface area contributed by atoms with Gasteiger partial charge in [0.1, 0.15) is 12.7 Å². The lowest BCUT2D eigenvalue weighted by atomic mass is 10.0. The Morgan fingerprint density at radius 2 is 1.96 bits per heavy atom. The molecule has 120 valence electrons. The second-order valence-electron chi connectivity index (χ2n) is 5.99. The number of rotatable bonds is 4. The van der Waals surface area contributed by atoms with Crippen LogP contribution in [0, 0.1) is 11.3 Å². The highest BCUT2D eigenvalue weighted by Crippen LogP contribution is 2.20. The van der Waals surface area contributed by atoms with Crippen molar-refractivity contribution in [3.63, 3.8) is 0 Å². The van der Waals surface area contributed by atoms with Crippen molar-refractivity contribution >= 4 is 11.5 Å². The van der Waals surface area contributed by atoms with E-state index in [0.29, 0.717) is 22.6 Å². The number of aromatic nitrogens is 1. The van der Waals surface area contributed by atoms with Crippen LogP contribution in [0.25, 0.3) is 5.52 Å². The van der Waals surface area contributed by atoms with E-state index in [9.17, 15) is 10.1 Å². The summed E-state index contributed by atoms with van der Waals surface area (Å²) in [5.41, 5.74) is 3.75. The smallest absolute Gasteiger partial charge is 0.338 e. The lowest BCUT2D eigenvalue weighted by molar-refractivity contribution is 0.0472. The molecule has 0 bridgehead atoms. The van der Waals surface area contributed by atoms with E-state index in [1.165, 1.54) is 5.56 Å². The second kappa shape index (κ2) is 6.59. The summed E-state index contributed by atoms with van der Waals surface area (Å²) in [7, 11) is 0. The monoisotopic (exact) mass is 318 g/mol. The molecule has 0 aliphatic carbocycles. The van der Waals surface area contributed by atoms with Crippen LogP contribution in [-0.4, -0.2) is 10.4 Å². The lowest BCUT2D eigenvalue weighted by Crippen LogP contribution is -2.05. The lowest BCUT2D eigenvalue weighted by Gasteiger charge is -2.07. The Bertz CT molecular complexity index is 915. The standard InChI is InChI=1S/C20H18N2O2/c1-14(2)15-6-8-16(9-7-15)20(23)24-13-17-12-22-10-4-3-5-19(22)18(17)11-21/h3-10,12,14H,13H2,1-2H3. The molecule has 0 fully saturated rings. The average Bonchev–Trinajstić information content (AvgIpc) is 2.97. The van der Waals surface area contributed by atoms with E-state index in [0.717, 1.165) is 5.52 Å². The van der Waals surface area contributed by atoms with Crippen molar-refractivity contribution in [3.8, 4) is 6.07 Å². The molecule has 4 heteroatoms. The van der Waals surface area contributed by atoms with Crippen molar-refractivity contribution in [2.45, 2.75) is 26.4 Å². The predicted molar refractivity (Wildman–Crippen MR) is 91.8 cm³/mol. The topological polar surface area (TPSA) is 54.5 Å². The molecule has 0 spiro atoms. The van der Waals surface area contributed by atoms with Crippen molar-refractivity contribution in [2.75, 3.05) is 0 Å². The van der Waals surface area contributed by atoms with Crippen molar-refractivity contribution in [3.05, 3.63) is 77.1 Å². The molecular formula is C20H18N2O2. The highest BCUT2D eigenvalue weighted by Gasteiger charge is 2.13. The zero-order chi connectivity index (χ0) is 17.1. The number of hydrogen-bond acceptors (Lipinski definition) is 3. The summed E-state index contributed by atoms with van der Waals surface area (Å²) in [6, 6.07) is 15.3. The van der Waals surface area contributed by atoms with Crippen molar-refractivity contribution in [1.29, 1.82) is 5.26 Å². The van der Waals surface area contributed by atoms with E-state index < -0.39 is 0 Å². The molecule has 0 N–H and O–H groups in total. The molecule has 0 aliphatic heterocycles. The first kappa shape index (κ1) is 15.8. The van der Waals surface area contributed by atoms with Crippen LogP contribution in [0.4, 0.5) is 0 Å². The van der Waals surface area contributed by atoms with Crippen LogP contribution in [0.1, 0.15) is 46.8 Å². The van der Waals surface area contributed by atoms with E-state index >= 15 is 0 Å². The summed E-state index contributed by atoms with van der Waals surface area (Å²) in [6.45, 7) is 4.29. The van der Waals surface area contributed by atoms with Gasteiger partial charge in [0.2, 0.25) is 0 Å². The molecule has 24 heavy (non-hydrogen) atoms. The fraction of sp³-hybridized carbons (Fsp3) is 0.200. The minimum absolute atomic E-state index is 0.0787. The Morgan fingerprint density at radius 3 is 2.62 bits per heavy atom. The quantitative estimate of drug-likeness (QED) is 0.674. The molecule has 4 nitrogen and oxygen atoms in total. The maximum absolute atomic E-state index is 12.2. The predicted octanol–water partition coefficient (Wildman–Crippen LogP) is 4.29. The van der Waals surface area contributed by atoms with Gasteiger partial charge in [0, 0.05) is 18.0 Å². The van der Waals surface area contributed by atoms with Gasteiger partial charge in [-0.3, -0.25) is 0 Å². The number of hydrogen-bond donors (Lipinski definition) is 0. The number of carbonyl (C=O) groups excluding carboxylic acids is 1. The van der Waals surface area contributed by atoms with Crippen LogP contribution in [-0.2, 0) is 11.3 Å². The number of benzene rings is 1. The number of esters is 1. The number of pyridine rings is 1. The third-order valence-corrected chi connectivity index (χ3v) is 4.05. The number of ether oxygens (including phenoxy) is 1. The fourth-order valence-corrected chi connectivity index (χ4v) is 2.65. The zero-order valence-electron chi connectivity index (χ0n) is 13.7. The van der Waals surface area contributed by atoms with Gasteiger partial charge < -0.3 is 9.14 Å². The average molecular weight is 318 g/mol. The minimum atomic E-state index is -0.385. The number of fused-ring (bicyclic) bond motifs is 1. The second-order valence-corrected chi connectivity index (χ2v) is 5.99. The van der Waals surface area contributed by atoms with Crippen LogP contribution in [0.3, 0.4) is 0 Å². The number of nitriles is 1. The van der Waals surface area contributed by atoms with Crippen LogP contribution in [0.5, 0.6) is 0 Å². The van der Waals surface area contributed by atoms with Gasteiger partial charge in [-0.2, -0.15) is 5.26 Å². The summed E-state index contributed by atoms with van der Waals surface area (Å²) in [5, 5.41) is 9.37. The van der Waals surface area contributed by atoms with Crippen LogP contribution < -0.4 is 0 Å². The Morgan fingerprint density at radius 1 is 1.21 bits per heavy atom. The molecule has 3 aromatic rings. The maximum atomic E-state index is 12.2. The third kappa shape index (κ3) is 3.02. The molecular weight excluding hydrogens is 300 g/mol. The summed E-state index contributed by atoms with van der Waals surface area (Å²) in [6.07, 6.45) is 3.69. The van der Waals surface area contributed by atoms with Crippen LogP contribution >= 0.6 is 0 Å². The van der Waals surface area contributed by atoms with Crippen LogP contribution in [0.2, 0.25) is 0 Å². The summed E-state index contributed by atoms with van der Waals surface area (Å²) in [4.78, 5) is 12.2. The first-order chi connectivity index (χ1) is 11.6. The molecule has 0 unspecified atom stereocenters. The van der Waals surface area contributed by atoms with Crippen LogP contribution in [0.15, 0.2) is 54.9 Å². The van der Waals surface area contributed by atoms with Gasteiger partial charge in [-0.1, -0.05) is 32.0 Å². The highest BCUT2D eigenvalue weighted by atomic mass is 16.5. The largest absolute Gasteiger partial charge is 0.457 e. The highest BCUT2D eigenvalue weighted by molar-refractivity contribution is 5.89. The van der Waals surface area contributed by atoms with E-state index in [4.69, 9.17) is 4.74 Å². The molecule has 0 atom stereocenters. The minimum Gasteiger partial charge on any atom is -0.457 e. The van der Waals surface area contributed by atoms with Crippen molar-refractivity contribution < 1.29 is 9.53 Å². The first-order valence-corrected chi connectivity index (χ1v) is 7.86. The normalized spacial score (nSPS) is 10.8. The molecule has 0 saturated heterocycles. The van der Waals surface area contributed by atoms with Gasteiger partial charge in [0.05, 0.1) is 16.6 Å².